The number of aliphatic imine (C=N–C) groups is 1. The van der Waals surface area contributed by atoms with Crippen LogP contribution in [-0.2, 0) is 0 Å². The molecule has 0 amide bonds. The number of hydrogen-bond donors (Lipinski definition) is 2. The molecule has 0 aromatic carbocycles. The number of guanidine groups is 1. The maximum Gasteiger partial charge on any atom is 0.190 e. The highest BCUT2D eigenvalue weighted by Gasteiger charge is 2.38. The van der Waals surface area contributed by atoms with Crippen LogP contribution >= 0.6 is 24.0 Å². The van der Waals surface area contributed by atoms with E-state index in [1.807, 2.05) is 7.05 Å². The summed E-state index contributed by atoms with van der Waals surface area (Å²) < 4.78 is 0. The highest BCUT2D eigenvalue weighted by Crippen LogP contribution is 2.49. The molecule has 3 unspecified atom stereocenters. The average molecular weight is 377 g/mol. The van der Waals surface area contributed by atoms with Crippen LogP contribution in [0.2, 0.25) is 0 Å². The third-order valence-corrected chi connectivity index (χ3v) is 5.17. The van der Waals surface area contributed by atoms with E-state index in [0.717, 1.165) is 42.7 Å². The van der Waals surface area contributed by atoms with Crippen molar-refractivity contribution in [3.05, 3.63) is 0 Å². The third-order valence-electron chi connectivity index (χ3n) is 5.17. The molecule has 3 aliphatic carbocycles. The summed E-state index contributed by atoms with van der Waals surface area (Å²) in [5.41, 5.74) is 0. The van der Waals surface area contributed by atoms with Crippen LogP contribution in [0.3, 0.4) is 0 Å². The third kappa shape index (κ3) is 4.23. The van der Waals surface area contributed by atoms with E-state index in [2.05, 4.69) is 15.6 Å². The lowest BCUT2D eigenvalue weighted by molar-refractivity contribution is 0.315. The van der Waals surface area contributed by atoms with Gasteiger partial charge < -0.3 is 10.6 Å². The minimum absolute atomic E-state index is 0. The first-order valence-corrected chi connectivity index (χ1v) is 7.79. The number of hydrogen-bond acceptors (Lipinski definition) is 1. The van der Waals surface area contributed by atoms with Gasteiger partial charge in [-0.05, 0) is 62.2 Å². The van der Waals surface area contributed by atoms with Gasteiger partial charge in [0.15, 0.2) is 5.96 Å². The van der Waals surface area contributed by atoms with Crippen LogP contribution in [0.15, 0.2) is 4.99 Å². The smallest absolute Gasteiger partial charge is 0.190 e. The molecule has 3 fully saturated rings. The minimum Gasteiger partial charge on any atom is -0.356 e. The van der Waals surface area contributed by atoms with Gasteiger partial charge in [0.25, 0.3) is 0 Å². The topological polar surface area (TPSA) is 36.4 Å². The number of halogens is 1. The van der Waals surface area contributed by atoms with Gasteiger partial charge in [-0.15, -0.1) is 24.0 Å². The highest BCUT2D eigenvalue weighted by atomic mass is 127. The molecule has 0 radical (unpaired) electrons. The monoisotopic (exact) mass is 377 g/mol. The normalized spacial score (nSPS) is 33.1. The summed E-state index contributed by atoms with van der Waals surface area (Å²) >= 11 is 0. The van der Waals surface area contributed by atoms with E-state index in [1.165, 1.54) is 44.9 Å². The van der Waals surface area contributed by atoms with Crippen LogP contribution in [0.4, 0.5) is 0 Å². The molecule has 0 aromatic rings. The lowest BCUT2D eigenvalue weighted by Crippen LogP contribution is -2.39. The fraction of sp³-hybridized carbons (Fsp3) is 0.933. The number of nitrogens with zero attached hydrogens (tertiary/aromatic N) is 1. The Morgan fingerprint density at radius 3 is 2.53 bits per heavy atom. The lowest BCUT2D eigenvalue weighted by atomic mass is 9.86. The quantitative estimate of drug-likeness (QED) is 0.439. The van der Waals surface area contributed by atoms with Gasteiger partial charge >= 0.3 is 0 Å². The van der Waals surface area contributed by atoms with Gasteiger partial charge in [0.1, 0.15) is 0 Å². The number of nitrogens with one attached hydrogen (secondary N) is 2. The van der Waals surface area contributed by atoms with Crippen molar-refractivity contribution in [2.24, 2.45) is 28.7 Å². The number of rotatable bonds is 5. The Kier molecular flexibility index (Phi) is 5.78. The first kappa shape index (κ1) is 15.4. The van der Waals surface area contributed by atoms with Crippen molar-refractivity contribution in [1.29, 1.82) is 0 Å². The van der Waals surface area contributed by atoms with Gasteiger partial charge in [0, 0.05) is 20.1 Å². The molecule has 3 atom stereocenters. The molecule has 19 heavy (non-hydrogen) atoms. The van der Waals surface area contributed by atoms with Crippen molar-refractivity contribution in [2.75, 3.05) is 20.1 Å². The first-order chi connectivity index (χ1) is 8.85. The minimum atomic E-state index is 0. The van der Waals surface area contributed by atoms with Crippen LogP contribution in [0.1, 0.15) is 44.9 Å². The van der Waals surface area contributed by atoms with Gasteiger partial charge in [0.05, 0.1) is 0 Å². The van der Waals surface area contributed by atoms with Gasteiger partial charge in [0.2, 0.25) is 0 Å². The average Bonchev–Trinajstić information content (AvgIpc) is 2.99. The summed E-state index contributed by atoms with van der Waals surface area (Å²) in [5.74, 6) is 5.04. The number of fused-ring (bicyclic) bond motifs is 2. The van der Waals surface area contributed by atoms with E-state index < -0.39 is 0 Å². The molecule has 110 valence electrons. The first-order valence-electron chi connectivity index (χ1n) is 7.79. The molecular formula is C15H28IN3. The molecular weight excluding hydrogens is 349 g/mol. The second-order valence-electron chi connectivity index (χ2n) is 6.55. The molecule has 3 saturated carbocycles. The van der Waals surface area contributed by atoms with Crippen molar-refractivity contribution in [1.82, 2.24) is 10.6 Å². The molecule has 0 heterocycles. The highest BCUT2D eigenvalue weighted by molar-refractivity contribution is 14.0. The molecule has 0 saturated heterocycles. The summed E-state index contributed by atoms with van der Waals surface area (Å²) in [6.07, 6.45) is 10.2. The summed E-state index contributed by atoms with van der Waals surface area (Å²) in [6.45, 7) is 2.20. The van der Waals surface area contributed by atoms with Crippen LogP contribution in [0.25, 0.3) is 0 Å². The van der Waals surface area contributed by atoms with Gasteiger partial charge in [-0.3, -0.25) is 4.99 Å². The van der Waals surface area contributed by atoms with Crippen LogP contribution < -0.4 is 10.6 Å². The summed E-state index contributed by atoms with van der Waals surface area (Å²) in [7, 11) is 1.87. The fourth-order valence-corrected chi connectivity index (χ4v) is 3.89. The molecule has 4 heteroatoms. The zero-order chi connectivity index (χ0) is 12.4. The molecule has 3 aliphatic rings. The molecule has 2 N–H and O–H groups in total. The van der Waals surface area contributed by atoms with Crippen LogP contribution in [-0.4, -0.2) is 26.1 Å². The van der Waals surface area contributed by atoms with Crippen LogP contribution in [0, 0.1) is 23.7 Å². The standard InChI is InChI=1S/C15H27N3.HI/c1-16-15(18-10-11-2-3-11)17-7-6-14-9-12-4-5-13(14)8-12;/h11-14H,2-10H2,1H3,(H2,16,17,18);1H. The Balaban J connectivity index is 0.00000133. The lowest BCUT2D eigenvalue weighted by Gasteiger charge is -2.22. The SMILES string of the molecule is CN=C(NCCC1CC2CCC1C2)NCC1CC1.I. The van der Waals surface area contributed by atoms with Gasteiger partial charge in [-0.25, -0.2) is 0 Å². The second-order valence-corrected chi connectivity index (χ2v) is 6.55. The van der Waals surface area contributed by atoms with E-state index in [-0.39, 0.29) is 24.0 Å². The second kappa shape index (κ2) is 7.14. The zero-order valence-electron chi connectivity index (χ0n) is 12.0. The van der Waals surface area contributed by atoms with E-state index in [4.69, 9.17) is 0 Å². The molecule has 3 rings (SSSR count). The predicted molar refractivity (Wildman–Crippen MR) is 91.1 cm³/mol. The van der Waals surface area contributed by atoms with Crippen molar-refractivity contribution in [3.8, 4) is 0 Å². The molecule has 0 spiro atoms. The zero-order valence-corrected chi connectivity index (χ0v) is 14.4. The largest absolute Gasteiger partial charge is 0.356 e. The Bertz CT molecular complexity index is 315. The molecule has 0 aromatic heterocycles. The fourth-order valence-electron chi connectivity index (χ4n) is 3.89. The molecule has 0 aliphatic heterocycles. The molecule has 3 nitrogen and oxygen atoms in total. The maximum atomic E-state index is 4.29. The maximum absolute atomic E-state index is 4.29. The Labute approximate surface area is 134 Å². The van der Waals surface area contributed by atoms with Crippen molar-refractivity contribution >= 4 is 29.9 Å². The van der Waals surface area contributed by atoms with E-state index in [0.29, 0.717) is 0 Å². The van der Waals surface area contributed by atoms with E-state index in [9.17, 15) is 0 Å². The summed E-state index contributed by atoms with van der Waals surface area (Å²) in [6, 6.07) is 0. The Morgan fingerprint density at radius 2 is 1.95 bits per heavy atom. The van der Waals surface area contributed by atoms with Crippen LogP contribution in [0.5, 0.6) is 0 Å². The summed E-state index contributed by atoms with van der Waals surface area (Å²) in [5, 5.41) is 6.91. The van der Waals surface area contributed by atoms with E-state index in [1.54, 1.807) is 0 Å². The van der Waals surface area contributed by atoms with Crippen molar-refractivity contribution in [3.63, 3.8) is 0 Å². The van der Waals surface area contributed by atoms with Crippen molar-refractivity contribution < 1.29 is 0 Å². The Morgan fingerprint density at radius 1 is 1.11 bits per heavy atom. The van der Waals surface area contributed by atoms with Crippen molar-refractivity contribution in [2.45, 2.75) is 44.9 Å². The Hall–Kier alpha value is 0. The molecule has 2 bridgehead atoms. The predicted octanol–water partition coefficient (Wildman–Crippen LogP) is 3.01. The van der Waals surface area contributed by atoms with Gasteiger partial charge in [-0.1, -0.05) is 6.42 Å². The van der Waals surface area contributed by atoms with E-state index >= 15 is 0 Å². The van der Waals surface area contributed by atoms with Gasteiger partial charge in [-0.2, -0.15) is 0 Å². The summed E-state index contributed by atoms with van der Waals surface area (Å²) in [4.78, 5) is 4.29.